The number of para-hydroxylation sites is 1. The Kier molecular flexibility index (Phi) is 5.67. The number of ether oxygens (including phenoxy) is 1. The Hall–Kier alpha value is -1.96. The Balaban J connectivity index is 2.15. The van der Waals surface area contributed by atoms with E-state index in [9.17, 15) is 9.18 Å². The van der Waals surface area contributed by atoms with Gasteiger partial charge in [0, 0.05) is 18.6 Å². The SMILES string of the molecule is COCCn1c(=NC(=O)c2ccccc2SC)sc2cccc(F)c21. The van der Waals surface area contributed by atoms with Gasteiger partial charge in [-0.15, -0.1) is 11.8 Å². The van der Waals surface area contributed by atoms with Crippen molar-refractivity contribution >= 4 is 39.2 Å². The normalized spacial score (nSPS) is 12.0. The molecule has 0 radical (unpaired) electrons. The van der Waals surface area contributed by atoms with E-state index in [1.807, 2.05) is 30.5 Å². The summed E-state index contributed by atoms with van der Waals surface area (Å²) < 4.78 is 21.9. The van der Waals surface area contributed by atoms with E-state index in [4.69, 9.17) is 4.74 Å². The molecule has 25 heavy (non-hydrogen) atoms. The number of benzene rings is 2. The lowest BCUT2D eigenvalue weighted by Crippen LogP contribution is -2.20. The van der Waals surface area contributed by atoms with E-state index in [0.29, 0.717) is 29.0 Å². The summed E-state index contributed by atoms with van der Waals surface area (Å²) in [5.74, 6) is -0.661. The van der Waals surface area contributed by atoms with E-state index in [0.717, 1.165) is 9.60 Å². The number of carbonyl (C=O) groups excluding carboxylic acids is 1. The Labute approximate surface area is 153 Å². The molecule has 0 aliphatic rings. The van der Waals surface area contributed by atoms with Crippen LogP contribution in [0, 0.1) is 5.82 Å². The summed E-state index contributed by atoms with van der Waals surface area (Å²) in [5, 5.41) is 0. The molecule has 1 aromatic heterocycles. The molecule has 0 saturated carbocycles. The summed E-state index contributed by atoms with van der Waals surface area (Å²) in [7, 11) is 1.59. The molecule has 0 N–H and O–H groups in total. The number of carbonyl (C=O) groups is 1. The first kappa shape index (κ1) is 17.8. The first-order valence-corrected chi connectivity index (χ1v) is 9.68. The second-order valence-corrected chi connectivity index (χ2v) is 7.09. The molecule has 0 atom stereocenters. The number of hydrogen-bond donors (Lipinski definition) is 0. The van der Waals surface area contributed by atoms with Gasteiger partial charge < -0.3 is 9.30 Å². The molecular formula is C18H17FN2O2S2. The summed E-state index contributed by atoms with van der Waals surface area (Å²) in [4.78, 5) is 18.3. The second kappa shape index (κ2) is 7.95. The molecule has 3 aromatic rings. The quantitative estimate of drug-likeness (QED) is 0.633. The number of thiazole rings is 1. The number of aromatic nitrogens is 1. The minimum atomic E-state index is -0.330. The maximum absolute atomic E-state index is 14.3. The monoisotopic (exact) mass is 376 g/mol. The molecule has 0 aliphatic heterocycles. The Morgan fingerprint density at radius 3 is 2.84 bits per heavy atom. The van der Waals surface area contributed by atoms with Crippen molar-refractivity contribution in [3.05, 3.63) is 58.6 Å². The van der Waals surface area contributed by atoms with Gasteiger partial charge in [-0.1, -0.05) is 29.5 Å². The molecule has 1 heterocycles. The number of hydrogen-bond acceptors (Lipinski definition) is 4. The lowest BCUT2D eigenvalue weighted by atomic mass is 10.2. The number of rotatable bonds is 5. The van der Waals surface area contributed by atoms with Gasteiger partial charge in [0.2, 0.25) is 0 Å². The molecule has 0 spiro atoms. The third-order valence-electron chi connectivity index (χ3n) is 3.71. The fraction of sp³-hybridized carbons (Fsp3) is 0.222. The van der Waals surface area contributed by atoms with Crippen LogP contribution in [0.5, 0.6) is 0 Å². The fourth-order valence-electron chi connectivity index (χ4n) is 2.53. The lowest BCUT2D eigenvalue weighted by molar-refractivity contribution is 0.0994. The maximum atomic E-state index is 14.3. The zero-order chi connectivity index (χ0) is 17.8. The Bertz CT molecular complexity index is 979. The number of methoxy groups -OCH3 is 1. The van der Waals surface area contributed by atoms with E-state index in [-0.39, 0.29) is 11.7 Å². The smallest absolute Gasteiger partial charge is 0.280 e. The number of halogens is 1. The molecule has 1 amide bonds. The molecule has 4 nitrogen and oxygen atoms in total. The van der Waals surface area contributed by atoms with Crippen LogP contribution in [0.3, 0.4) is 0 Å². The fourth-order valence-corrected chi connectivity index (χ4v) is 4.19. The highest BCUT2D eigenvalue weighted by Gasteiger charge is 2.14. The van der Waals surface area contributed by atoms with Crippen molar-refractivity contribution in [1.29, 1.82) is 0 Å². The number of nitrogens with zero attached hydrogens (tertiary/aromatic N) is 2. The highest BCUT2D eigenvalue weighted by atomic mass is 32.2. The molecule has 3 rings (SSSR count). The van der Waals surface area contributed by atoms with Crippen molar-refractivity contribution in [3.63, 3.8) is 0 Å². The molecule has 7 heteroatoms. The number of fused-ring (bicyclic) bond motifs is 1. The minimum absolute atomic E-state index is 0.330. The standard InChI is InChI=1S/C18H17FN2O2S2/c1-23-11-10-21-16-13(19)7-5-9-15(16)25-18(21)20-17(22)12-6-3-4-8-14(12)24-2/h3-9H,10-11H2,1-2H3. The zero-order valence-electron chi connectivity index (χ0n) is 13.9. The molecular weight excluding hydrogens is 359 g/mol. The van der Waals surface area contributed by atoms with E-state index >= 15 is 0 Å². The predicted molar refractivity (Wildman–Crippen MR) is 99.8 cm³/mol. The van der Waals surface area contributed by atoms with Crippen molar-refractivity contribution in [2.45, 2.75) is 11.4 Å². The van der Waals surface area contributed by atoms with Crippen LogP contribution in [0.2, 0.25) is 0 Å². The van der Waals surface area contributed by atoms with Gasteiger partial charge in [-0.2, -0.15) is 4.99 Å². The van der Waals surface area contributed by atoms with E-state index < -0.39 is 0 Å². The summed E-state index contributed by atoms with van der Waals surface area (Å²) in [6.45, 7) is 0.830. The minimum Gasteiger partial charge on any atom is -0.383 e. The van der Waals surface area contributed by atoms with Crippen molar-refractivity contribution in [3.8, 4) is 0 Å². The molecule has 0 bridgehead atoms. The lowest BCUT2D eigenvalue weighted by Gasteiger charge is -2.05. The van der Waals surface area contributed by atoms with Crippen molar-refractivity contribution in [2.75, 3.05) is 20.0 Å². The van der Waals surface area contributed by atoms with E-state index in [1.54, 1.807) is 23.8 Å². The van der Waals surface area contributed by atoms with Crippen LogP contribution in [-0.4, -0.2) is 30.4 Å². The predicted octanol–water partition coefficient (Wildman–Crippen LogP) is 3.95. The largest absolute Gasteiger partial charge is 0.383 e. The number of thioether (sulfide) groups is 1. The summed E-state index contributed by atoms with van der Waals surface area (Å²) in [6.07, 6.45) is 1.92. The third-order valence-corrected chi connectivity index (χ3v) is 5.54. The van der Waals surface area contributed by atoms with Gasteiger partial charge in [-0.25, -0.2) is 4.39 Å². The Morgan fingerprint density at radius 1 is 1.28 bits per heavy atom. The maximum Gasteiger partial charge on any atom is 0.280 e. The van der Waals surface area contributed by atoms with Crippen LogP contribution in [0.1, 0.15) is 10.4 Å². The molecule has 0 saturated heterocycles. The third kappa shape index (κ3) is 3.68. The van der Waals surface area contributed by atoms with Crippen LogP contribution in [-0.2, 0) is 11.3 Å². The van der Waals surface area contributed by atoms with Crippen molar-refractivity contribution in [2.24, 2.45) is 4.99 Å². The second-order valence-electron chi connectivity index (χ2n) is 5.23. The Morgan fingerprint density at radius 2 is 2.08 bits per heavy atom. The topological polar surface area (TPSA) is 43.6 Å². The summed E-state index contributed by atoms with van der Waals surface area (Å²) >= 11 is 2.79. The molecule has 0 aliphatic carbocycles. The van der Waals surface area contributed by atoms with E-state index in [2.05, 4.69) is 4.99 Å². The van der Waals surface area contributed by atoms with Gasteiger partial charge >= 0.3 is 0 Å². The van der Waals surface area contributed by atoms with Crippen molar-refractivity contribution < 1.29 is 13.9 Å². The van der Waals surface area contributed by atoms with Gasteiger partial charge in [0.05, 0.1) is 22.4 Å². The van der Waals surface area contributed by atoms with Crippen LogP contribution in [0.25, 0.3) is 10.2 Å². The van der Waals surface area contributed by atoms with Crippen LogP contribution < -0.4 is 4.80 Å². The highest BCUT2D eigenvalue weighted by molar-refractivity contribution is 7.98. The van der Waals surface area contributed by atoms with Crippen LogP contribution in [0.4, 0.5) is 4.39 Å². The molecule has 0 unspecified atom stereocenters. The van der Waals surface area contributed by atoms with Crippen molar-refractivity contribution in [1.82, 2.24) is 4.57 Å². The first-order valence-electron chi connectivity index (χ1n) is 7.64. The van der Waals surface area contributed by atoms with Gasteiger partial charge in [0.25, 0.3) is 5.91 Å². The molecule has 0 fully saturated rings. The zero-order valence-corrected chi connectivity index (χ0v) is 15.5. The van der Waals surface area contributed by atoms with Crippen LogP contribution >= 0.6 is 23.1 Å². The number of amides is 1. The molecule has 2 aromatic carbocycles. The summed E-state index contributed by atoms with van der Waals surface area (Å²) in [5.41, 5.74) is 1.00. The highest BCUT2D eigenvalue weighted by Crippen LogP contribution is 2.22. The van der Waals surface area contributed by atoms with Crippen LogP contribution in [0.15, 0.2) is 52.4 Å². The first-order chi connectivity index (χ1) is 12.2. The van der Waals surface area contributed by atoms with E-state index in [1.165, 1.54) is 29.2 Å². The molecule has 130 valence electrons. The van der Waals surface area contributed by atoms with Gasteiger partial charge in [0.1, 0.15) is 5.82 Å². The van der Waals surface area contributed by atoms with Gasteiger partial charge in [0.15, 0.2) is 4.80 Å². The average molecular weight is 376 g/mol. The summed E-state index contributed by atoms with van der Waals surface area (Å²) in [6, 6.07) is 12.2. The van der Waals surface area contributed by atoms with Gasteiger partial charge in [-0.3, -0.25) is 4.79 Å². The average Bonchev–Trinajstić information content (AvgIpc) is 2.98. The van der Waals surface area contributed by atoms with Gasteiger partial charge in [-0.05, 0) is 30.5 Å².